The standard InChI is InChI=1S/C20H33FN4O/c1-4-24-13-15-25(16-14-24)12-8-7-11-22-20(26)23(3)17(2)18-9-5-6-10-19(18)21/h5-6,9-10,17H,4,7-8,11-16H2,1-3H3,(H,22,26)/t17-/m1/s1. The first kappa shape index (κ1) is 20.6. The van der Waals surface area contributed by atoms with Crippen molar-refractivity contribution in [3.63, 3.8) is 0 Å². The molecule has 1 N–H and O–H groups in total. The number of amides is 2. The van der Waals surface area contributed by atoms with Crippen molar-refractivity contribution >= 4 is 6.03 Å². The van der Waals surface area contributed by atoms with Crippen LogP contribution in [0.5, 0.6) is 0 Å². The maximum absolute atomic E-state index is 13.9. The molecule has 0 bridgehead atoms. The van der Waals surface area contributed by atoms with Crippen LogP contribution in [0.25, 0.3) is 0 Å². The van der Waals surface area contributed by atoms with E-state index in [1.807, 2.05) is 6.92 Å². The molecule has 1 aliphatic rings. The van der Waals surface area contributed by atoms with Gasteiger partial charge in [-0.2, -0.15) is 0 Å². The summed E-state index contributed by atoms with van der Waals surface area (Å²) in [4.78, 5) is 18.8. The Balaban J connectivity index is 1.63. The number of carbonyl (C=O) groups is 1. The van der Waals surface area contributed by atoms with Gasteiger partial charge in [0, 0.05) is 45.3 Å². The van der Waals surface area contributed by atoms with Gasteiger partial charge in [-0.1, -0.05) is 25.1 Å². The number of benzene rings is 1. The monoisotopic (exact) mass is 364 g/mol. The lowest BCUT2D eigenvalue weighted by molar-refractivity contribution is 0.135. The van der Waals surface area contributed by atoms with Crippen molar-refractivity contribution in [2.24, 2.45) is 0 Å². The topological polar surface area (TPSA) is 38.8 Å². The number of hydrogen-bond donors (Lipinski definition) is 1. The Hall–Kier alpha value is -1.66. The van der Waals surface area contributed by atoms with Crippen molar-refractivity contribution in [2.45, 2.75) is 32.7 Å². The molecule has 0 unspecified atom stereocenters. The molecule has 1 saturated heterocycles. The van der Waals surface area contributed by atoms with Crippen molar-refractivity contribution in [3.05, 3.63) is 35.6 Å². The minimum absolute atomic E-state index is 0.155. The minimum atomic E-state index is -0.300. The van der Waals surface area contributed by atoms with Crippen LogP contribution in [0.4, 0.5) is 9.18 Å². The molecule has 1 aromatic rings. The summed E-state index contributed by atoms with van der Waals surface area (Å²) >= 11 is 0. The first-order chi connectivity index (χ1) is 12.5. The van der Waals surface area contributed by atoms with Crippen LogP contribution in [0, 0.1) is 5.82 Å². The Kier molecular flexibility index (Phi) is 8.32. The first-order valence-corrected chi connectivity index (χ1v) is 9.72. The molecule has 0 saturated carbocycles. The van der Waals surface area contributed by atoms with Crippen molar-refractivity contribution in [1.82, 2.24) is 20.0 Å². The second kappa shape index (κ2) is 10.5. The van der Waals surface area contributed by atoms with Gasteiger partial charge in [-0.15, -0.1) is 0 Å². The second-order valence-corrected chi connectivity index (χ2v) is 7.02. The number of unbranched alkanes of at least 4 members (excludes halogenated alkanes) is 1. The summed E-state index contributed by atoms with van der Waals surface area (Å²) < 4.78 is 13.9. The molecule has 0 aromatic heterocycles. The fourth-order valence-electron chi connectivity index (χ4n) is 3.31. The lowest BCUT2D eigenvalue weighted by Crippen LogP contribution is -2.46. The van der Waals surface area contributed by atoms with Crippen LogP contribution < -0.4 is 5.32 Å². The van der Waals surface area contributed by atoms with Gasteiger partial charge in [0.2, 0.25) is 0 Å². The van der Waals surface area contributed by atoms with Crippen molar-refractivity contribution in [3.8, 4) is 0 Å². The predicted octanol–water partition coefficient (Wildman–Crippen LogP) is 2.95. The molecule has 0 radical (unpaired) electrons. The molecule has 146 valence electrons. The third-order valence-corrected chi connectivity index (χ3v) is 5.35. The van der Waals surface area contributed by atoms with Gasteiger partial charge in [-0.3, -0.25) is 0 Å². The Bertz CT molecular complexity index is 560. The minimum Gasteiger partial charge on any atom is -0.338 e. The van der Waals surface area contributed by atoms with E-state index in [0.29, 0.717) is 12.1 Å². The van der Waals surface area contributed by atoms with E-state index in [1.54, 1.807) is 30.1 Å². The van der Waals surface area contributed by atoms with E-state index in [4.69, 9.17) is 0 Å². The van der Waals surface area contributed by atoms with E-state index in [9.17, 15) is 9.18 Å². The number of rotatable bonds is 8. The number of likely N-dealkylation sites (N-methyl/N-ethyl adjacent to an activating group) is 1. The van der Waals surface area contributed by atoms with E-state index >= 15 is 0 Å². The van der Waals surface area contributed by atoms with Gasteiger partial charge in [0.25, 0.3) is 0 Å². The maximum atomic E-state index is 13.9. The Morgan fingerprint density at radius 1 is 1.19 bits per heavy atom. The lowest BCUT2D eigenvalue weighted by Gasteiger charge is -2.34. The van der Waals surface area contributed by atoms with E-state index in [0.717, 1.165) is 52.1 Å². The fraction of sp³-hybridized carbons (Fsp3) is 0.650. The van der Waals surface area contributed by atoms with Gasteiger partial charge >= 0.3 is 6.03 Å². The molecule has 0 spiro atoms. The number of carbonyl (C=O) groups excluding carboxylic acids is 1. The van der Waals surface area contributed by atoms with Crippen molar-refractivity contribution in [1.29, 1.82) is 0 Å². The molecule has 0 aliphatic carbocycles. The van der Waals surface area contributed by atoms with Gasteiger partial charge in [0.1, 0.15) is 5.82 Å². The largest absolute Gasteiger partial charge is 0.338 e. The van der Waals surface area contributed by atoms with E-state index in [1.165, 1.54) is 6.07 Å². The van der Waals surface area contributed by atoms with E-state index in [2.05, 4.69) is 22.0 Å². The smallest absolute Gasteiger partial charge is 0.317 e. The predicted molar refractivity (Wildman–Crippen MR) is 104 cm³/mol. The van der Waals surface area contributed by atoms with Crippen LogP contribution in [-0.2, 0) is 0 Å². The summed E-state index contributed by atoms with van der Waals surface area (Å²) in [6.07, 6.45) is 2.04. The average Bonchev–Trinajstić information content (AvgIpc) is 2.67. The molecule has 26 heavy (non-hydrogen) atoms. The summed E-state index contributed by atoms with van der Waals surface area (Å²) in [7, 11) is 1.71. The third kappa shape index (κ3) is 5.95. The van der Waals surface area contributed by atoms with Gasteiger partial charge in [0.05, 0.1) is 6.04 Å². The fourth-order valence-corrected chi connectivity index (χ4v) is 3.31. The highest BCUT2D eigenvalue weighted by molar-refractivity contribution is 5.74. The van der Waals surface area contributed by atoms with E-state index in [-0.39, 0.29) is 17.9 Å². The molecular formula is C20H33FN4O. The molecule has 2 amide bonds. The van der Waals surface area contributed by atoms with Crippen LogP contribution in [0.15, 0.2) is 24.3 Å². The summed E-state index contributed by atoms with van der Waals surface area (Å²) in [5.41, 5.74) is 0.538. The van der Waals surface area contributed by atoms with Crippen LogP contribution in [0.3, 0.4) is 0 Å². The molecule has 2 rings (SSSR count). The van der Waals surface area contributed by atoms with Crippen LogP contribution in [0.1, 0.15) is 38.3 Å². The van der Waals surface area contributed by atoms with E-state index < -0.39 is 0 Å². The van der Waals surface area contributed by atoms with Crippen LogP contribution >= 0.6 is 0 Å². The van der Waals surface area contributed by atoms with Gasteiger partial charge in [-0.25, -0.2) is 9.18 Å². The number of nitrogens with one attached hydrogen (secondary N) is 1. The highest BCUT2D eigenvalue weighted by Gasteiger charge is 2.19. The van der Waals surface area contributed by atoms with Gasteiger partial charge < -0.3 is 20.0 Å². The molecule has 5 nitrogen and oxygen atoms in total. The van der Waals surface area contributed by atoms with Gasteiger partial charge in [0.15, 0.2) is 0 Å². The molecule has 1 heterocycles. The highest BCUT2D eigenvalue weighted by atomic mass is 19.1. The van der Waals surface area contributed by atoms with Crippen molar-refractivity contribution in [2.75, 3.05) is 52.9 Å². The zero-order valence-corrected chi connectivity index (χ0v) is 16.4. The normalized spacial score (nSPS) is 17.1. The highest BCUT2D eigenvalue weighted by Crippen LogP contribution is 2.21. The number of hydrogen-bond acceptors (Lipinski definition) is 3. The number of nitrogens with zero attached hydrogens (tertiary/aromatic N) is 3. The molecular weight excluding hydrogens is 331 g/mol. The summed E-state index contributed by atoms with van der Waals surface area (Å²) in [6.45, 7) is 11.5. The average molecular weight is 365 g/mol. The number of urea groups is 1. The van der Waals surface area contributed by atoms with Crippen LogP contribution in [0.2, 0.25) is 0 Å². The molecule has 1 aliphatic heterocycles. The zero-order valence-electron chi connectivity index (χ0n) is 16.4. The Morgan fingerprint density at radius 2 is 1.85 bits per heavy atom. The molecule has 6 heteroatoms. The summed E-state index contributed by atoms with van der Waals surface area (Å²) in [5, 5.41) is 2.94. The number of halogens is 1. The maximum Gasteiger partial charge on any atom is 0.317 e. The van der Waals surface area contributed by atoms with Crippen LogP contribution in [-0.4, -0.2) is 73.6 Å². The lowest BCUT2D eigenvalue weighted by atomic mass is 10.1. The quantitative estimate of drug-likeness (QED) is 0.721. The summed E-state index contributed by atoms with van der Waals surface area (Å²) in [6, 6.07) is 6.15. The third-order valence-electron chi connectivity index (χ3n) is 5.35. The SMILES string of the molecule is CCN1CCN(CCCCNC(=O)N(C)[C@H](C)c2ccccc2F)CC1. The Labute approximate surface area is 157 Å². The Morgan fingerprint density at radius 3 is 2.50 bits per heavy atom. The molecule has 1 fully saturated rings. The van der Waals surface area contributed by atoms with Gasteiger partial charge in [-0.05, 0) is 38.9 Å². The molecule has 1 atom stereocenters. The van der Waals surface area contributed by atoms with Crippen molar-refractivity contribution < 1.29 is 9.18 Å². The summed E-state index contributed by atoms with van der Waals surface area (Å²) in [5.74, 6) is -0.275. The molecule has 1 aromatic carbocycles. The second-order valence-electron chi connectivity index (χ2n) is 7.02. The first-order valence-electron chi connectivity index (χ1n) is 9.72. The zero-order chi connectivity index (χ0) is 18.9. The number of piperazine rings is 1.